The molecule has 0 heterocycles. The Morgan fingerprint density at radius 1 is 1.16 bits per heavy atom. The Morgan fingerprint density at radius 3 is 2.47 bits per heavy atom. The fourth-order valence-electron chi connectivity index (χ4n) is 1.48. The molecule has 0 aliphatic rings. The molecule has 0 saturated carbocycles. The van der Waals surface area contributed by atoms with Crippen molar-refractivity contribution < 1.29 is 17.0 Å². The highest BCUT2D eigenvalue weighted by atomic mass is 35.5. The summed E-state index contributed by atoms with van der Waals surface area (Å²) in [5.74, 6) is -1.12. The zero-order valence-electron chi connectivity index (χ0n) is 9.93. The maximum atomic E-state index is 13.4. The van der Waals surface area contributed by atoms with Crippen LogP contribution in [0.5, 0.6) is 5.75 Å². The van der Waals surface area contributed by atoms with E-state index in [1.54, 1.807) is 13.0 Å². The molecule has 6 heteroatoms. The number of rotatable bonds is 3. The minimum Gasteiger partial charge on any atom is -0.376 e. The molecule has 0 radical (unpaired) electrons. The monoisotopic (exact) mass is 300 g/mol. The largest absolute Gasteiger partial charge is 0.376 e. The Labute approximate surface area is 115 Å². The first-order valence-corrected chi connectivity index (χ1v) is 7.14. The van der Waals surface area contributed by atoms with E-state index in [1.165, 1.54) is 30.3 Å². The van der Waals surface area contributed by atoms with Crippen molar-refractivity contribution in [1.82, 2.24) is 0 Å². The Hall–Kier alpha value is -1.59. The quantitative estimate of drug-likeness (QED) is 0.814. The molecule has 0 aliphatic carbocycles. The Balaban J connectivity index is 2.41. The van der Waals surface area contributed by atoms with Gasteiger partial charge in [-0.25, -0.2) is 4.39 Å². The summed E-state index contributed by atoms with van der Waals surface area (Å²) in [4.78, 5) is -0.192. The van der Waals surface area contributed by atoms with Crippen LogP contribution in [0.2, 0.25) is 5.02 Å². The highest BCUT2D eigenvalue weighted by Crippen LogP contribution is 2.27. The van der Waals surface area contributed by atoms with Crippen molar-refractivity contribution in [3.63, 3.8) is 0 Å². The second-order valence-electron chi connectivity index (χ2n) is 3.90. The van der Waals surface area contributed by atoms with Gasteiger partial charge in [0.1, 0.15) is 4.90 Å². The lowest BCUT2D eigenvalue weighted by molar-refractivity contribution is 0.461. The topological polar surface area (TPSA) is 43.4 Å². The van der Waals surface area contributed by atoms with Gasteiger partial charge in [-0.05, 0) is 36.8 Å². The van der Waals surface area contributed by atoms with Crippen LogP contribution in [0.25, 0.3) is 0 Å². The normalized spacial score (nSPS) is 11.3. The number of halogens is 2. The maximum Gasteiger partial charge on any atom is 0.340 e. The molecule has 0 unspecified atom stereocenters. The molecule has 2 rings (SSSR count). The van der Waals surface area contributed by atoms with Crippen molar-refractivity contribution >= 4 is 21.7 Å². The first-order chi connectivity index (χ1) is 8.90. The number of hydrogen-bond acceptors (Lipinski definition) is 3. The Morgan fingerprint density at radius 2 is 1.84 bits per heavy atom. The van der Waals surface area contributed by atoms with Gasteiger partial charge in [-0.2, -0.15) is 8.42 Å². The van der Waals surface area contributed by atoms with Crippen LogP contribution in [0.4, 0.5) is 4.39 Å². The predicted molar refractivity (Wildman–Crippen MR) is 70.4 cm³/mol. The summed E-state index contributed by atoms with van der Waals surface area (Å²) < 4.78 is 42.2. The van der Waals surface area contributed by atoms with Crippen molar-refractivity contribution in [3.05, 3.63) is 58.9 Å². The smallest absolute Gasteiger partial charge is 0.340 e. The zero-order valence-corrected chi connectivity index (χ0v) is 11.5. The van der Waals surface area contributed by atoms with Crippen LogP contribution in [0.15, 0.2) is 47.4 Å². The zero-order chi connectivity index (χ0) is 14.0. The van der Waals surface area contributed by atoms with Crippen molar-refractivity contribution in [2.45, 2.75) is 11.8 Å². The van der Waals surface area contributed by atoms with E-state index in [9.17, 15) is 12.8 Å². The predicted octanol–water partition coefficient (Wildman–Crippen LogP) is 3.56. The first kappa shape index (κ1) is 13.8. The SMILES string of the molecule is Cc1ccc(S(=O)(=O)Oc2ccccc2F)c(Cl)c1. The molecule has 0 aromatic heterocycles. The molecule has 100 valence electrons. The Bertz CT molecular complexity index is 714. The number of benzene rings is 2. The summed E-state index contributed by atoms with van der Waals surface area (Å²) >= 11 is 5.87. The second kappa shape index (κ2) is 5.19. The third-order valence-corrected chi connectivity index (χ3v) is 4.11. The molecule has 0 fully saturated rings. The third kappa shape index (κ3) is 3.05. The summed E-state index contributed by atoms with van der Waals surface area (Å²) in [6, 6.07) is 9.67. The highest BCUT2D eigenvalue weighted by molar-refractivity contribution is 7.87. The minimum atomic E-state index is -4.16. The third-order valence-electron chi connectivity index (χ3n) is 2.39. The van der Waals surface area contributed by atoms with Gasteiger partial charge in [0, 0.05) is 0 Å². The molecular formula is C13H10ClFO3S. The van der Waals surface area contributed by atoms with Gasteiger partial charge in [0.05, 0.1) is 5.02 Å². The van der Waals surface area contributed by atoms with Crippen LogP contribution in [-0.4, -0.2) is 8.42 Å². The fourth-order valence-corrected chi connectivity index (χ4v) is 3.00. The molecule has 0 saturated heterocycles. The van der Waals surface area contributed by atoms with Crippen molar-refractivity contribution in [2.24, 2.45) is 0 Å². The van der Waals surface area contributed by atoms with Crippen LogP contribution >= 0.6 is 11.6 Å². The summed E-state index contributed by atoms with van der Waals surface area (Å²) in [7, 11) is -4.16. The van der Waals surface area contributed by atoms with Gasteiger partial charge >= 0.3 is 10.1 Å². The molecule has 0 spiro atoms. The summed E-state index contributed by atoms with van der Waals surface area (Å²) in [5.41, 5.74) is 0.815. The maximum absolute atomic E-state index is 13.4. The fraction of sp³-hybridized carbons (Fsp3) is 0.0769. The molecule has 0 amide bonds. The molecular weight excluding hydrogens is 291 g/mol. The van der Waals surface area contributed by atoms with E-state index < -0.39 is 15.9 Å². The molecule has 3 nitrogen and oxygen atoms in total. The molecule has 0 atom stereocenters. The number of para-hydroxylation sites is 1. The lowest BCUT2D eigenvalue weighted by Crippen LogP contribution is -2.11. The second-order valence-corrected chi connectivity index (χ2v) is 5.82. The van der Waals surface area contributed by atoms with Gasteiger partial charge < -0.3 is 4.18 Å². The Kier molecular flexibility index (Phi) is 3.78. The van der Waals surface area contributed by atoms with Gasteiger partial charge in [-0.1, -0.05) is 29.8 Å². The molecule has 0 N–H and O–H groups in total. The molecule has 19 heavy (non-hydrogen) atoms. The number of hydrogen-bond donors (Lipinski definition) is 0. The van der Waals surface area contributed by atoms with E-state index in [2.05, 4.69) is 0 Å². The standard InChI is InChI=1S/C13H10ClFO3S/c1-9-6-7-13(10(14)8-9)19(16,17)18-12-5-3-2-4-11(12)15/h2-8H,1H3. The van der Waals surface area contributed by atoms with Gasteiger partial charge in [0.25, 0.3) is 0 Å². The molecule has 2 aromatic carbocycles. The van der Waals surface area contributed by atoms with Gasteiger partial charge in [-0.15, -0.1) is 0 Å². The van der Waals surface area contributed by atoms with Crippen LogP contribution in [0, 0.1) is 12.7 Å². The van der Waals surface area contributed by atoms with Crippen molar-refractivity contribution in [3.8, 4) is 5.75 Å². The lowest BCUT2D eigenvalue weighted by atomic mass is 10.2. The average Bonchev–Trinajstić information content (AvgIpc) is 2.31. The summed E-state index contributed by atoms with van der Waals surface area (Å²) in [5, 5.41) is 0.0383. The van der Waals surface area contributed by atoms with E-state index in [-0.39, 0.29) is 15.7 Å². The van der Waals surface area contributed by atoms with Gasteiger partial charge in [0.2, 0.25) is 0 Å². The van der Waals surface area contributed by atoms with Crippen molar-refractivity contribution in [1.29, 1.82) is 0 Å². The van der Waals surface area contributed by atoms with Crippen LogP contribution in [0.1, 0.15) is 5.56 Å². The first-order valence-electron chi connectivity index (χ1n) is 5.35. The molecule has 0 aliphatic heterocycles. The van der Waals surface area contributed by atoms with E-state index >= 15 is 0 Å². The van der Waals surface area contributed by atoms with E-state index in [4.69, 9.17) is 15.8 Å². The summed E-state index contributed by atoms with van der Waals surface area (Å²) in [6.45, 7) is 1.78. The van der Waals surface area contributed by atoms with Crippen LogP contribution in [0.3, 0.4) is 0 Å². The van der Waals surface area contributed by atoms with Gasteiger partial charge in [0.15, 0.2) is 11.6 Å². The average molecular weight is 301 g/mol. The van der Waals surface area contributed by atoms with Gasteiger partial charge in [-0.3, -0.25) is 0 Å². The summed E-state index contributed by atoms with van der Waals surface area (Å²) in [6.07, 6.45) is 0. The molecule has 2 aromatic rings. The van der Waals surface area contributed by atoms with Crippen LogP contribution in [-0.2, 0) is 10.1 Å². The molecule has 0 bridgehead atoms. The lowest BCUT2D eigenvalue weighted by Gasteiger charge is -2.09. The van der Waals surface area contributed by atoms with E-state index in [0.717, 1.165) is 11.6 Å². The minimum absolute atomic E-state index is 0.0383. The van der Waals surface area contributed by atoms with Crippen molar-refractivity contribution in [2.75, 3.05) is 0 Å². The van der Waals surface area contributed by atoms with E-state index in [0.29, 0.717) is 0 Å². The number of aryl methyl sites for hydroxylation is 1. The van der Waals surface area contributed by atoms with E-state index in [1.807, 2.05) is 0 Å². The highest BCUT2D eigenvalue weighted by Gasteiger charge is 2.21. The van der Waals surface area contributed by atoms with Crippen LogP contribution < -0.4 is 4.18 Å².